The minimum absolute atomic E-state index is 0.131. The van der Waals surface area contributed by atoms with Crippen molar-refractivity contribution in [2.45, 2.75) is 52.0 Å². The van der Waals surface area contributed by atoms with Gasteiger partial charge in [-0.1, -0.05) is 0 Å². The first-order chi connectivity index (χ1) is 9.54. The van der Waals surface area contributed by atoms with Crippen LogP contribution in [-0.4, -0.2) is 44.4 Å². The van der Waals surface area contributed by atoms with Gasteiger partial charge in [-0.3, -0.25) is 0 Å². The highest BCUT2D eigenvalue weighted by molar-refractivity contribution is 7.90. The van der Waals surface area contributed by atoms with Crippen LogP contribution in [-0.2, 0) is 29.1 Å². The van der Waals surface area contributed by atoms with Crippen LogP contribution in [0.4, 0.5) is 0 Å². The van der Waals surface area contributed by atoms with Gasteiger partial charge in [0.25, 0.3) is 0 Å². The first kappa shape index (κ1) is 19.6. The maximum Gasteiger partial charge on any atom is 0.331 e. The van der Waals surface area contributed by atoms with E-state index in [0.29, 0.717) is 0 Å². The predicted octanol–water partition coefficient (Wildman–Crippen LogP) is 0.754. The van der Waals surface area contributed by atoms with Gasteiger partial charge in [-0.15, -0.1) is 0 Å². The monoisotopic (exact) mass is 321 g/mol. The molecule has 1 unspecified atom stereocenters. The minimum atomic E-state index is -3.42. The Balaban J connectivity index is 4.20. The Kier molecular flexibility index (Phi) is 8.19. The van der Waals surface area contributed by atoms with Crippen LogP contribution in [0.3, 0.4) is 0 Å². The molecule has 1 N–H and O–H groups in total. The number of sulfonamides is 1. The summed E-state index contributed by atoms with van der Waals surface area (Å²) in [5.41, 5.74) is 0. The Morgan fingerprint density at radius 3 is 2.05 bits per heavy atom. The van der Waals surface area contributed by atoms with Gasteiger partial charge >= 0.3 is 11.9 Å². The highest BCUT2D eigenvalue weighted by Gasteiger charge is 2.19. The van der Waals surface area contributed by atoms with Crippen LogP contribution in [0.25, 0.3) is 0 Å². The Morgan fingerprint density at radius 1 is 1.05 bits per heavy atom. The van der Waals surface area contributed by atoms with Crippen molar-refractivity contribution >= 4 is 22.0 Å². The van der Waals surface area contributed by atoms with Crippen LogP contribution in [0, 0.1) is 0 Å². The molecule has 0 spiro atoms. The lowest BCUT2D eigenvalue weighted by Gasteiger charge is -2.15. The summed E-state index contributed by atoms with van der Waals surface area (Å²) in [6.07, 6.45) is 1.63. The average molecular weight is 321 g/mol. The molecule has 7 nitrogen and oxygen atoms in total. The summed E-state index contributed by atoms with van der Waals surface area (Å²) in [4.78, 5) is 22.5. The molecule has 0 aliphatic rings. The fourth-order valence-corrected chi connectivity index (χ4v) is 2.01. The van der Waals surface area contributed by atoms with E-state index in [1.807, 2.05) is 0 Å². The second-order valence-electron chi connectivity index (χ2n) is 5.06. The van der Waals surface area contributed by atoms with Gasteiger partial charge in [-0.25, -0.2) is 22.7 Å². The molecule has 0 aromatic rings. The van der Waals surface area contributed by atoms with Crippen molar-refractivity contribution in [3.05, 3.63) is 12.2 Å². The molecule has 0 radical (unpaired) electrons. The number of carbonyl (C=O) groups is 2. The lowest BCUT2D eigenvalue weighted by Crippen LogP contribution is -2.40. The van der Waals surface area contributed by atoms with E-state index in [4.69, 9.17) is 9.47 Å². The van der Waals surface area contributed by atoms with Gasteiger partial charge in [-0.05, 0) is 34.6 Å². The van der Waals surface area contributed by atoms with Gasteiger partial charge in [0.15, 0.2) is 0 Å². The number of esters is 2. The molecule has 21 heavy (non-hydrogen) atoms. The van der Waals surface area contributed by atoms with Crippen LogP contribution in [0.1, 0.15) is 34.6 Å². The van der Waals surface area contributed by atoms with E-state index in [-0.39, 0.29) is 12.7 Å². The molecule has 0 rings (SSSR count). The van der Waals surface area contributed by atoms with Crippen LogP contribution in [0.15, 0.2) is 12.2 Å². The van der Waals surface area contributed by atoms with Crippen LogP contribution >= 0.6 is 0 Å². The standard InChI is InChI=1S/C13H23NO6S/c1-9(2)20-13(16)7-6-12(15)19-8-11(5)14-21(17,18)10(3)4/h6-7,9-11,14H,8H2,1-5H3/b7-6+. The third kappa shape index (κ3) is 9.19. The van der Waals surface area contributed by atoms with Gasteiger partial charge < -0.3 is 9.47 Å². The third-order valence-corrected chi connectivity index (χ3v) is 4.14. The quantitative estimate of drug-likeness (QED) is 0.523. The van der Waals surface area contributed by atoms with Gasteiger partial charge in [0.05, 0.1) is 17.4 Å². The Bertz CT molecular complexity index is 481. The molecule has 0 aromatic heterocycles. The van der Waals surface area contributed by atoms with Crippen molar-refractivity contribution in [3.63, 3.8) is 0 Å². The Morgan fingerprint density at radius 2 is 1.57 bits per heavy atom. The average Bonchev–Trinajstić information content (AvgIpc) is 2.32. The molecular formula is C13H23NO6S. The normalized spacial score (nSPS) is 13.7. The fraction of sp³-hybridized carbons (Fsp3) is 0.692. The summed E-state index contributed by atoms with van der Waals surface area (Å²) in [6.45, 7) is 7.91. The van der Waals surface area contributed by atoms with Crippen LogP contribution in [0.2, 0.25) is 0 Å². The van der Waals surface area contributed by atoms with Crippen molar-refractivity contribution in [3.8, 4) is 0 Å². The Labute approximate surface area is 125 Å². The zero-order valence-corrected chi connectivity index (χ0v) is 13.8. The van der Waals surface area contributed by atoms with E-state index in [0.717, 1.165) is 12.2 Å². The molecule has 0 bridgehead atoms. The highest BCUT2D eigenvalue weighted by atomic mass is 32.2. The summed E-state index contributed by atoms with van der Waals surface area (Å²) < 4.78 is 35.2. The summed E-state index contributed by atoms with van der Waals surface area (Å²) in [6, 6.07) is -0.558. The van der Waals surface area contributed by atoms with E-state index in [1.165, 1.54) is 0 Å². The number of ether oxygens (including phenoxy) is 2. The van der Waals surface area contributed by atoms with Gasteiger partial charge in [0.1, 0.15) is 6.61 Å². The zero-order chi connectivity index (χ0) is 16.6. The first-order valence-electron chi connectivity index (χ1n) is 6.61. The largest absolute Gasteiger partial charge is 0.461 e. The highest BCUT2D eigenvalue weighted by Crippen LogP contribution is 1.99. The third-order valence-electron chi connectivity index (χ3n) is 2.17. The number of nitrogens with one attached hydrogen (secondary N) is 1. The number of hydrogen-bond acceptors (Lipinski definition) is 6. The first-order valence-corrected chi connectivity index (χ1v) is 8.15. The summed E-state index contributed by atoms with van der Waals surface area (Å²) in [5.74, 6) is -1.39. The second-order valence-corrected chi connectivity index (χ2v) is 7.33. The molecule has 0 fully saturated rings. The van der Waals surface area contributed by atoms with E-state index >= 15 is 0 Å². The minimum Gasteiger partial charge on any atom is -0.461 e. The second kappa shape index (κ2) is 8.78. The molecule has 0 aromatic carbocycles. The lowest BCUT2D eigenvalue weighted by molar-refractivity contribution is -0.143. The van der Waals surface area contributed by atoms with Gasteiger partial charge in [0.2, 0.25) is 10.0 Å². The molecule has 0 aliphatic carbocycles. The van der Waals surface area contributed by atoms with E-state index in [2.05, 4.69) is 4.72 Å². The van der Waals surface area contributed by atoms with Crippen LogP contribution in [0.5, 0.6) is 0 Å². The van der Waals surface area contributed by atoms with Crippen molar-refractivity contribution in [1.82, 2.24) is 4.72 Å². The zero-order valence-electron chi connectivity index (χ0n) is 13.0. The van der Waals surface area contributed by atoms with Crippen molar-refractivity contribution < 1.29 is 27.5 Å². The lowest BCUT2D eigenvalue weighted by atomic mass is 10.4. The number of rotatable bonds is 8. The van der Waals surface area contributed by atoms with Gasteiger partial charge in [-0.2, -0.15) is 0 Å². The molecule has 0 heterocycles. The Hall–Kier alpha value is -1.41. The molecule has 1 atom stereocenters. The summed E-state index contributed by atoms with van der Waals surface area (Å²) in [7, 11) is -3.42. The fourth-order valence-electron chi connectivity index (χ4n) is 1.11. The summed E-state index contributed by atoms with van der Waals surface area (Å²) >= 11 is 0. The van der Waals surface area contributed by atoms with E-state index in [1.54, 1.807) is 34.6 Å². The molecule has 0 saturated carbocycles. The maximum atomic E-state index is 11.6. The van der Waals surface area contributed by atoms with Crippen molar-refractivity contribution in [1.29, 1.82) is 0 Å². The molecular weight excluding hydrogens is 298 g/mol. The van der Waals surface area contributed by atoms with E-state index < -0.39 is 33.3 Å². The molecule has 8 heteroatoms. The predicted molar refractivity (Wildman–Crippen MR) is 78.0 cm³/mol. The molecule has 0 amide bonds. The maximum absolute atomic E-state index is 11.6. The smallest absolute Gasteiger partial charge is 0.331 e. The molecule has 0 saturated heterocycles. The number of carbonyl (C=O) groups excluding carboxylic acids is 2. The SMILES string of the molecule is CC(COC(=O)/C=C/C(=O)OC(C)C)NS(=O)(=O)C(C)C. The molecule has 0 aliphatic heterocycles. The van der Waals surface area contributed by atoms with Gasteiger partial charge in [0, 0.05) is 12.2 Å². The van der Waals surface area contributed by atoms with Crippen molar-refractivity contribution in [2.75, 3.05) is 6.61 Å². The van der Waals surface area contributed by atoms with Crippen molar-refractivity contribution in [2.24, 2.45) is 0 Å². The number of hydrogen-bond donors (Lipinski definition) is 1. The van der Waals surface area contributed by atoms with Crippen LogP contribution < -0.4 is 4.72 Å². The van der Waals surface area contributed by atoms with E-state index in [9.17, 15) is 18.0 Å². The molecule has 122 valence electrons. The topological polar surface area (TPSA) is 98.8 Å². The summed E-state index contributed by atoms with van der Waals surface area (Å²) in [5, 5.41) is -0.568.